The number of nitrogens with one attached hydrogen (secondary N) is 1. The number of aromatic nitrogens is 1. The number of hydrogen-bond donors (Lipinski definition) is 1. The Morgan fingerprint density at radius 2 is 2.00 bits per heavy atom. The zero-order valence-electron chi connectivity index (χ0n) is 12.3. The van der Waals surface area contributed by atoms with Crippen LogP contribution in [-0.4, -0.2) is 16.0 Å². The summed E-state index contributed by atoms with van der Waals surface area (Å²) in [5, 5.41) is 4.66. The van der Waals surface area contributed by atoms with E-state index in [0.29, 0.717) is 11.6 Å². The first-order chi connectivity index (χ1) is 10.3. The summed E-state index contributed by atoms with van der Waals surface area (Å²) in [4.78, 5) is 12.7. The van der Waals surface area contributed by atoms with E-state index in [0.717, 1.165) is 29.5 Å². The Morgan fingerprint density at radius 1 is 1.19 bits per heavy atom. The van der Waals surface area contributed by atoms with Gasteiger partial charge in [-0.05, 0) is 44.4 Å². The summed E-state index contributed by atoms with van der Waals surface area (Å²) in [5.41, 5.74) is 0.519. The largest absolute Gasteiger partial charge is 0.311 e. The van der Waals surface area contributed by atoms with E-state index in [1.807, 2.05) is 18.2 Å². The fourth-order valence-electron chi connectivity index (χ4n) is 4.17. The second kappa shape index (κ2) is 5.25. The van der Waals surface area contributed by atoms with Crippen LogP contribution in [-0.2, 0) is 0 Å². The van der Waals surface area contributed by atoms with E-state index in [-0.39, 0.29) is 5.56 Å². The lowest BCUT2D eigenvalue weighted by Crippen LogP contribution is -2.52. The molecule has 21 heavy (non-hydrogen) atoms. The molecule has 4 heteroatoms. The number of nitrogens with zero attached hydrogens (tertiary/aromatic N) is 1. The average Bonchev–Trinajstić information content (AvgIpc) is 2.86. The molecule has 2 aromatic rings. The molecule has 1 saturated carbocycles. The molecule has 0 radical (unpaired) electrons. The highest BCUT2D eigenvalue weighted by Crippen LogP contribution is 2.39. The van der Waals surface area contributed by atoms with Gasteiger partial charge in [0, 0.05) is 5.54 Å². The van der Waals surface area contributed by atoms with Crippen LogP contribution in [0, 0.1) is 0 Å². The Balaban J connectivity index is 1.68. The van der Waals surface area contributed by atoms with Crippen molar-refractivity contribution in [3.05, 3.63) is 34.6 Å². The minimum Gasteiger partial charge on any atom is -0.311 e. The molecule has 2 fully saturated rings. The fraction of sp³-hybridized carbons (Fsp3) is 0.588. The summed E-state index contributed by atoms with van der Waals surface area (Å²) in [5.74, 6) is 0. The van der Waals surface area contributed by atoms with Gasteiger partial charge in [0.15, 0.2) is 0 Å². The summed E-state index contributed by atoms with van der Waals surface area (Å²) >= 11 is 1.65. The Kier molecular flexibility index (Phi) is 3.38. The second-order valence-electron chi connectivity index (χ2n) is 6.63. The van der Waals surface area contributed by atoms with Crippen LogP contribution in [0.15, 0.2) is 29.1 Å². The van der Waals surface area contributed by atoms with Crippen molar-refractivity contribution in [2.24, 2.45) is 0 Å². The van der Waals surface area contributed by atoms with Gasteiger partial charge in [-0.3, -0.25) is 8.75 Å². The number of fused-ring (bicyclic) bond motifs is 1. The van der Waals surface area contributed by atoms with Gasteiger partial charge in [-0.1, -0.05) is 42.9 Å². The van der Waals surface area contributed by atoms with Crippen molar-refractivity contribution in [2.75, 3.05) is 6.54 Å². The molecule has 1 saturated heterocycles. The molecule has 1 unspecified atom stereocenters. The van der Waals surface area contributed by atoms with E-state index in [2.05, 4.69) is 15.3 Å². The molecule has 1 spiro atoms. The molecule has 2 heterocycles. The molecule has 1 aliphatic heterocycles. The van der Waals surface area contributed by atoms with Gasteiger partial charge in [-0.25, -0.2) is 0 Å². The Hall–Kier alpha value is -1.13. The quantitative estimate of drug-likeness (QED) is 0.871. The first-order valence-electron chi connectivity index (χ1n) is 8.13. The third kappa shape index (κ3) is 2.34. The van der Waals surface area contributed by atoms with Gasteiger partial charge in [0.05, 0.1) is 16.1 Å². The van der Waals surface area contributed by atoms with E-state index in [9.17, 15) is 4.79 Å². The summed E-state index contributed by atoms with van der Waals surface area (Å²) < 4.78 is 3.18. The van der Waals surface area contributed by atoms with Crippen LogP contribution in [0.1, 0.15) is 51.0 Å². The molecule has 0 bridgehead atoms. The highest BCUT2D eigenvalue weighted by atomic mass is 32.1. The van der Waals surface area contributed by atoms with Crippen LogP contribution in [0.2, 0.25) is 0 Å². The molecular formula is C17H22N2OS. The predicted molar refractivity (Wildman–Crippen MR) is 88.2 cm³/mol. The lowest BCUT2D eigenvalue weighted by Gasteiger charge is -2.44. The third-order valence-electron chi connectivity index (χ3n) is 5.26. The van der Waals surface area contributed by atoms with Gasteiger partial charge in [-0.2, -0.15) is 0 Å². The van der Waals surface area contributed by atoms with E-state index < -0.39 is 0 Å². The van der Waals surface area contributed by atoms with Crippen LogP contribution in [0.4, 0.5) is 0 Å². The molecule has 112 valence electrons. The lowest BCUT2D eigenvalue weighted by molar-refractivity contribution is 0.149. The number of piperidine rings is 1. The lowest BCUT2D eigenvalue weighted by atomic mass is 9.75. The maximum atomic E-state index is 12.7. The molecule has 0 amide bonds. The van der Waals surface area contributed by atoms with Gasteiger partial charge in [0.1, 0.15) is 0 Å². The van der Waals surface area contributed by atoms with E-state index in [4.69, 9.17) is 0 Å². The Morgan fingerprint density at radius 3 is 2.81 bits per heavy atom. The van der Waals surface area contributed by atoms with Crippen molar-refractivity contribution in [2.45, 2.75) is 56.5 Å². The van der Waals surface area contributed by atoms with Crippen LogP contribution >= 0.6 is 11.5 Å². The molecule has 3 nitrogen and oxygen atoms in total. The monoisotopic (exact) mass is 302 g/mol. The molecule has 4 rings (SSSR count). The molecule has 1 atom stereocenters. The van der Waals surface area contributed by atoms with Gasteiger partial charge < -0.3 is 5.32 Å². The number of benzene rings is 1. The maximum Gasteiger partial charge on any atom is 0.268 e. The molecule has 1 aliphatic carbocycles. The zero-order chi connectivity index (χ0) is 14.3. The van der Waals surface area contributed by atoms with E-state index in [1.54, 1.807) is 11.5 Å². The molecule has 1 aromatic heterocycles. The number of hydrogen-bond acceptors (Lipinski definition) is 3. The van der Waals surface area contributed by atoms with E-state index >= 15 is 0 Å². The SMILES string of the molecule is O=c1c2ccccc2sn1C1CCNC2(CCCCC2)C1. The van der Waals surface area contributed by atoms with Crippen molar-refractivity contribution in [3.8, 4) is 0 Å². The normalized spacial score (nSPS) is 25.4. The minimum atomic E-state index is 0.216. The number of rotatable bonds is 1. The topological polar surface area (TPSA) is 34.0 Å². The fourth-order valence-corrected chi connectivity index (χ4v) is 5.28. The highest BCUT2D eigenvalue weighted by Gasteiger charge is 2.38. The Bertz CT molecular complexity index is 691. The standard InChI is InChI=1S/C17H22N2OS/c20-16-14-6-2-3-7-15(14)21-19(16)13-8-11-18-17(12-13)9-4-1-5-10-17/h2-3,6-7,13,18H,1,4-5,8-12H2. The zero-order valence-corrected chi connectivity index (χ0v) is 13.1. The predicted octanol–water partition coefficient (Wildman–Crippen LogP) is 3.69. The molecule has 2 aliphatic rings. The third-order valence-corrected chi connectivity index (χ3v) is 6.47. The van der Waals surface area contributed by atoms with Gasteiger partial charge in [0.25, 0.3) is 5.56 Å². The first-order valence-corrected chi connectivity index (χ1v) is 8.90. The van der Waals surface area contributed by atoms with Crippen molar-refractivity contribution < 1.29 is 0 Å². The average molecular weight is 302 g/mol. The Labute approximate surface area is 129 Å². The smallest absolute Gasteiger partial charge is 0.268 e. The summed E-state index contributed by atoms with van der Waals surface area (Å²) in [7, 11) is 0. The van der Waals surface area contributed by atoms with Gasteiger partial charge in [-0.15, -0.1) is 0 Å². The van der Waals surface area contributed by atoms with Crippen LogP contribution in [0.25, 0.3) is 10.1 Å². The van der Waals surface area contributed by atoms with Crippen LogP contribution in [0.3, 0.4) is 0 Å². The van der Waals surface area contributed by atoms with Crippen molar-refractivity contribution in [3.63, 3.8) is 0 Å². The summed E-state index contributed by atoms with van der Waals surface area (Å²) in [6.07, 6.45) is 8.81. The van der Waals surface area contributed by atoms with Crippen LogP contribution < -0.4 is 10.9 Å². The second-order valence-corrected chi connectivity index (χ2v) is 7.65. The summed E-state index contributed by atoms with van der Waals surface area (Å²) in [6.45, 7) is 1.05. The summed E-state index contributed by atoms with van der Waals surface area (Å²) in [6, 6.07) is 8.39. The van der Waals surface area contributed by atoms with Gasteiger partial charge >= 0.3 is 0 Å². The van der Waals surface area contributed by atoms with E-state index in [1.165, 1.54) is 32.1 Å². The van der Waals surface area contributed by atoms with Crippen LogP contribution in [0.5, 0.6) is 0 Å². The molecule has 1 aromatic carbocycles. The molecule has 1 N–H and O–H groups in total. The maximum absolute atomic E-state index is 12.7. The van der Waals surface area contributed by atoms with Crippen molar-refractivity contribution in [1.29, 1.82) is 0 Å². The van der Waals surface area contributed by atoms with Crippen molar-refractivity contribution in [1.82, 2.24) is 9.27 Å². The van der Waals surface area contributed by atoms with Gasteiger partial charge in [0.2, 0.25) is 0 Å². The minimum absolute atomic E-state index is 0.216. The first kappa shape index (κ1) is 13.5. The highest BCUT2D eigenvalue weighted by molar-refractivity contribution is 7.13. The van der Waals surface area contributed by atoms with Crippen molar-refractivity contribution >= 4 is 21.6 Å². The molecular weight excluding hydrogens is 280 g/mol.